The van der Waals surface area contributed by atoms with Gasteiger partial charge in [-0.2, -0.15) is 0 Å². The van der Waals surface area contributed by atoms with Crippen molar-refractivity contribution < 1.29 is 0 Å². The van der Waals surface area contributed by atoms with Crippen molar-refractivity contribution in [2.75, 3.05) is 13.6 Å². The average Bonchev–Trinajstić information content (AvgIpc) is 2.34. The SMILES string of the molecule is CCCC(CNC(C)C)N(C)Cc1cccc(C)c1. The minimum atomic E-state index is 0.562. The Morgan fingerprint density at radius 3 is 2.58 bits per heavy atom. The fraction of sp³-hybridized carbons (Fsp3) is 0.647. The van der Waals surface area contributed by atoms with Crippen LogP contribution in [0.4, 0.5) is 0 Å². The van der Waals surface area contributed by atoms with Crippen LogP contribution in [0.5, 0.6) is 0 Å². The van der Waals surface area contributed by atoms with Gasteiger partial charge >= 0.3 is 0 Å². The Morgan fingerprint density at radius 2 is 2.00 bits per heavy atom. The molecule has 0 heterocycles. The predicted molar refractivity (Wildman–Crippen MR) is 84.5 cm³/mol. The molecule has 1 atom stereocenters. The van der Waals surface area contributed by atoms with E-state index in [1.807, 2.05) is 0 Å². The van der Waals surface area contributed by atoms with E-state index in [9.17, 15) is 0 Å². The van der Waals surface area contributed by atoms with Crippen LogP contribution in [-0.2, 0) is 6.54 Å². The van der Waals surface area contributed by atoms with Crippen molar-refractivity contribution in [3.8, 4) is 0 Å². The van der Waals surface area contributed by atoms with E-state index in [1.165, 1.54) is 24.0 Å². The van der Waals surface area contributed by atoms with Gasteiger partial charge in [0, 0.05) is 25.2 Å². The lowest BCUT2D eigenvalue weighted by Crippen LogP contribution is -2.41. The van der Waals surface area contributed by atoms with E-state index in [-0.39, 0.29) is 0 Å². The van der Waals surface area contributed by atoms with Crippen LogP contribution in [0.2, 0.25) is 0 Å². The summed E-state index contributed by atoms with van der Waals surface area (Å²) < 4.78 is 0. The molecule has 0 aromatic heterocycles. The molecule has 0 saturated carbocycles. The van der Waals surface area contributed by atoms with Crippen molar-refractivity contribution in [1.29, 1.82) is 0 Å². The van der Waals surface area contributed by atoms with Crippen LogP contribution in [0.15, 0.2) is 24.3 Å². The van der Waals surface area contributed by atoms with Gasteiger partial charge in [-0.15, -0.1) is 0 Å². The highest BCUT2D eigenvalue weighted by Crippen LogP contribution is 2.11. The lowest BCUT2D eigenvalue weighted by atomic mass is 10.1. The molecule has 0 radical (unpaired) electrons. The Kier molecular flexibility index (Phi) is 7.11. The molecule has 19 heavy (non-hydrogen) atoms. The Balaban J connectivity index is 2.57. The molecule has 2 nitrogen and oxygen atoms in total. The fourth-order valence-corrected chi connectivity index (χ4v) is 2.41. The van der Waals surface area contributed by atoms with Gasteiger partial charge in [-0.25, -0.2) is 0 Å². The van der Waals surface area contributed by atoms with Crippen molar-refractivity contribution in [2.45, 2.75) is 59.2 Å². The first-order chi connectivity index (χ1) is 9.02. The maximum absolute atomic E-state index is 3.57. The Bertz CT molecular complexity index is 360. The van der Waals surface area contributed by atoms with Crippen LogP contribution >= 0.6 is 0 Å². The average molecular weight is 262 g/mol. The standard InChI is InChI=1S/C17H30N2/c1-6-8-17(12-18-14(2)3)19(5)13-16-10-7-9-15(4)11-16/h7,9-11,14,17-18H,6,8,12-13H2,1-5H3. The second-order valence-electron chi connectivity index (χ2n) is 5.91. The molecular formula is C17H30N2. The molecule has 0 spiro atoms. The highest BCUT2D eigenvalue weighted by molar-refractivity contribution is 5.22. The molecule has 2 heteroatoms. The highest BCUT2D eigenvalue weighted by atomic mass is 15.1. The number of hydrogen-bond acceptors (Lipinski definition) is 2. The summed E-state index contributed by atoms with van der Waals surface area (Å²) in [5, 5.41) is 3.57. The number of likely N-dealkylation sites (N-methyl/N-ethyl adjacent to an activating group) is 1. The van der Waals surface area contributed by atoms with E-state index in [0.717, 1.165) is 13.1 Å². The number of rotatable bonds is 8. The number of nitrogens with zero attached hydrogens (tertiary/aromatic N) is 1. The van der Waals surface area contributed by atoms with Crippen LogP contribution in [0.3, 0.4) is 0 Å². The number of aryl methyl sites for hydroxylation is 1. The third-order valence-electron chi connectivity index (χ3n) is 3.52. The van der Waals surface area contributed by atoms with Gasteiger partial charge < -0.3 is 5.32 Å². The molecular weight excluding hydrogens is 232 g/mol. The summed E-state index contributed by atoms with van der Waals surface area (Å²) in [4.78, 5) is 2.48. The molecule has 1 aromatic carbocycles. The van der Waals surface area contributed by atoms with Gasteiger partial charge in [0.15, 0.2) is 0 Å². The fourth-order valence-electron chi connectivity index (χ4n) is 2.41. The van der Waals surface area contributed by atoms with Crippen LogP contribution in [0, 0.1) is 6.92 Å². The summed E-state index contributed by atoms with van der Waals surface area (Å²) in [5.74, 6) is 0. The molecule has 0 aliphatic carbocycles. The zero-order valence-corrected chi connectivity index (χ0v) is 13.2. The van der Waals surface area contributed by atoms with Crippen molar-refractivity contribution in [3.63, 3.8) is 0 Å². The minimum Gasteiger partial charge on any atom is -0.313 e. The molecule has 1 unspecified atom stereocenters. The van der Waals surface area contributed by atoms with E-state index in [0.29, 0.717) is 12.1 Å². The van der Waals surface area contributed by atoms with E-state index in [4.69, 9.17) is 0 Å². The van der Waals surface area contributed by atoms with E-state index in [2.05, 4.69) is 69.2 Å². The topological polar surface area (TPSA) is 15.3 Å². The summed E-state index contributed by atoms with van der Waals surface area (Å²) in [7, 11) is 2.24. The molecule has 0 fully saturated rings. The Hall–Kier alpha value is -0.860. The summed E-state index contributed by atoms with van der Waals surface area (Å²) in [5.41, 5.74) is 2.76. The molecule has 0 saturated heterocycles. The largest absolute Gasteiger partial charge is 0.313 e. The highest BCUT2D eigenvalue weighted by Gasteiger charge is 2.14. The zero-order valence-electron chi connectivity index (χ0n) is 13.2. The first-order valence-corrected chi connectivity index (χ1v) is 7.52. The van der Waals surface area contributed by atoms with Crippen molar-refractivity contribution in [3.05, 3.63) is 35.4 Å². The van der Waals surface area contributed by atoms with Crippen LogP contribution in [0.25, 0.3) is 0 Å². The monoisotopic (exact) mass is 262 g/mol. The molecule has 0 aliphatic rings. The van der Waals surface area contributed by atoms with E-state index in [1.54, 1.807) is 0 Å². The lowest BCUT2D eigenvalue weighted by Gasteiger charge is -2.29. The predicted octanol–water partition coefficient (Wildman–Crippen LogP) is 3.59. The van der Waals surface area contributed by atoms with E-state index < -0.39 is 0 Å². The van der Waals surface area contributed by atoms with Crippen molar-refractivity contribution >= 4 is 0 Å². The molecule has 0 bridgehead atoms. The second kappa shape index (κ2) is 8.34. The summed E-state index contributed by atoms with van der Waals surface area (Å²) >= 11 is 0. The lowest BCUT2D eigenvalue weighted by molar-refractivity contribution is 0.211. The molecule has 0 aliphatic heterocycles. The van der Waals surface area contributed by atoms with Gasteiger partial charge in [-0.3, -0.25) is 4.90 Å². The Labute approximate surface area is 119 Å². The third-order valence-corrected chi connectivity index (χ3v) is 3.52. The van der Waals surface area contributed by atoms with Gasteiger partial charge in [0.2, 0.25) is 0 Å². The quantitative estimate of drug-likeness (QED) is 0.770. The molecule has 1 N–H and O–H groups in total. The van der Waals surface area contributed by atoms with Gasteiger partial charge in [-0.1, -0.05) is 57.0 Å². The second-order valence-corrected chi connectivity index (χ2v) is 5.91. The molecule has 0 amide bonds. The molecule has 1 aromatic rings. The van der Waals surface area contributed by atoms with Gasteiger partial charge in [0.05, 0.1) is 0 Å². The maximum atomic E-state index is 3.57. The van der Waals surface area contributed by atoms with Crippen LogP contribution in [0.1, 0.15) is 44.7 Å². The normalized spacial score (nSPS) is 13.2. The Morgan fingerprint density at radius 1 is 1.26 bits per heavy atom. The minimum absolute atomic E-state index is 0.562. The van der Waals surface area contributed by atoms with Crippen molar-refractivity contribution in [2.24, 2.45) is 0 Å². The molecule has 108 valence electrons. The smallest absolute Gasteiger partial charge is 0.0234 e. The van der Waals surface area contributed by atoms with Gasteiger partial charge in [0.25, 0.3) is 0 Å². The maximum Gasteiger partial charge on any atom is 0.0234 e. The first-order valence-electron chi connectivity index (χ1n) is 7.52. The number of hydrogen-bond donors (Lipinski definition) is 1. The zero-order chi connectivity index (χ0) is 14.3. The third kappa shape index (κ3) is 6.22. The summed E-state index contributed by atoms with van der Waals surface area (Å²) in [6.45, 7) is 11.0. The van der Waals surface area contributed by atoms with Crippen LogP contribution in [-0.4, -0.2) is 30.6 Å². The number of nitrogens with one attached hydrogen (secondary N) is 1. The van der Waals surface area contributed by atoms with E-state index >= 15 is 0 Å². The number of benzene rings is 1. The van der Waals surface area contributed by atoms with Gasteiger partial charge in [-0.05, 0) is 26.0 Å². The first kappa shape index (κ1) is 16.2. The van der Waals surface area contributed by atoms with Gasteiger partial charge in [0.1, 0.15) is 0 Å². The molecule has 1 rings (SSSR count). The van der Waals surface area contributed by atoms with Crippen LogP contribution < -0.4 is 5.32 Å². The summed E-state index contributed by atoms with van der Waals surface area (Å²) in [6, 6.07) is 10.0. The summed E-state index contributed by atoms with van der Waals surface area (Å²) in [6.07, 6.45) is 2.49. The van der Waals surface area contributed by atoms with Crippen molar-refractivity contribution in [1.82, 2.24) is 10.2 Å².